The average Bonchev–Trinajstić information content (AvgIpc) is 3.49. The molecule has 7 nitrogen and oxygen atoms in total. The van der Waals surface area contributed by atoms with Gasteiger partial charge in [0.05, 0.1) is 0 Å². The molecule has 2 aliphatic heterocycles. The van der Waals surface area contributed by atoms with Crippen molar-refractivity contribution in [1.29, 1.82) is 0 Å². The molecule has 2 amide bonds. The van der Waals surface area contributed by atoms with E-state index in [9.17, 15) is 9.59 Å². The largest absolute Gasteiger partial charge is 0.349 e. The molecule has 0 atom stereocenters. The Morgan fingerprint density at radius 1 is 1.00 bits per heavy atom. The Bertz CT molecular complexity index is 799. The molecule has 164 valence electrons. The Kier molecular flexibility index (Phi) is 5.31. The lowest BCUT2D eigenvalue weighted by atomic mass is 9.72. The van der Waals surface area contributed by atoms with E-state index in [0.29, 0.717) is 17.6 Å². The molecule has 1 saturated heterocycles. The first-order valence-corrected chi connectivity index (χ1v) is 12.1. The number of carbonyl (C=O) groups excluding carboxylic acids is 2. The zero-order valence-corrected chi connectivity index (χ0v) is 18.2. The van der Waals surface area contributed by atoms with Crippen LogP contribution in [0.2, 0.25) is 0 Å². The number of piperidine rings is 1. The standard InChI is InChI=1S/C23H35N5O2/c1-16-3-7-18(8-4-16)21(30)27-13-10-23(11-14-27)9-2-12-28-19(25-26-22(23)28)20(29)24-15-17-5-6-17/h16-18H,2-15H2,1H3,(H,24,29). The van der Waals surface area contributed by atoms with Crippen molar-refractivity contribution in [1.82, 2.24) is 25.0 Å². The molecular weight excluding hydrogens is 378 g/mol. The maximum atomic E-state index is 13.0. The molecule has 0 radical (unpaired) electrons. The monoisotopic (exact) mass is 413 g/mol. The van der Waals surface area contributed by atoms with Crippen LogP contribution in [-0.2, 0) is 16.8 Å². The number of likely N-dealkylation sites (tertiary alicyclic amines) is 1. The van der Waals surface area contributed by atoms with Crippen LogP contribution in [-0.4, -0.2) is 51.1 Å². The maximum absolute atomic E-state index is 13.0. The first-order chi connectivity index (χ1) is 14.6. The summed E-state index contributed by atoms with van der Waals surface area (Å²) in [6.07, 6.45) is 10.9. The SMILES string of the molecule is CC1CCC(C(=O)N2CCC3(CCCn4c(C(=O)NCC5CC5)nnc43)CC2)CC1. The summed E-state index contributed by atoms with van der Waals surface area (Å²) in [4.78, 5) is 27.8. The highest BCUT2D eigenvalue weighted by molar-refractivity contribution is 5.90. The maximum Gasteiger partial charge on any atom is 0.289 e. The third-order valence-electron chi connectivity index (χ3n) is 8.11. The van der Waals surface area contributed by atoms with Crippen LogP contribution < -0.4 is 5.32 Å². The molecule has 2 aliphatic carbocycles. The van der Waals surface area contributed by atoms with Gasteiger partial charge in [-0.1, -0.05) is 6.92 Å². The number of rotatable bonds is 4. The number of fused-ring (bicyclic) bond motifs is 2. The number of aromatic nitrogens is 3. The van der Waals surface area contributed by atoms with Crippen molar-refractivity contribution >= 4 is 11.8 Å². The summed E-state index contributed by atoms with van der Waals surface area (Å²) in [7, 11) is 0. The third-order valence-corrected chi connectivity index (χ3v) is 8.11. The van der Waals surface area contributed by atoms with Gasteiger partial charge in [0.25, 0.3) is 5.91 Å². The van der Waals surface area contributed by atoms with Gasteiger partial charge in [-0.25, -0.2) is 0 Å². The number of carbonyl (C=O) groups is 2. The lowest BCUT2D eigenvalue weighted by Crippen LogP contribution is -2.49. The second kappa shape index (κ2) is 7.97. The van der Waals surface area contributed by atoms with Crippen molar-refractivity contribution in [2.24, 2.45) is 17.8 Å². The molecule has 3 fully saturated rings. The molecule has 5 rings (SSSR count). The Hall–Kier alpha value is -1.92. The highest BCUT2D eigenvalue weighted by Crippen LogP contribution is 2.42. The summed E-state index contributed by atoms with van der Waals surface area (Å²) in [5, 5.41) is 11.8. The Labute approximate surface area is 179 Å². The second-order valence-electron chi connectivity index (χ2n) is 10.3. The molecule has 1 N–H and O–H groups in total. The van der Waals surface area contributed by atoms with Gasteiger partial charge < -0.3 is 14.8 Å². The molecule has 3 heterocycles. The molecule has 1 aromatic rings. The van der Waals surface area contributed by atoms with Gasteiger partial charge in [-0.3, -0.25) is 9.59 Å². The molecule has 2 saturated carbocycles. The first-order valence-electron chi connectivity index (χ1n) is 12.1. The predicted octanol–water partition coefficient (Wildman–Crippen LogP) is 2.90. The van der Waals surface area contributed by atoms with Gasteiger partial charge in [0.15, 0.2) is 0 Å². The van der Waals surface area contributed by atoms with Crippen molar-refractivity contribution in [2.75, 3.05) is 19.6 Å². The van der Waals surface area contributed by atoms with Gasteiger partial charge in [0, 0.05) is 37.5 Å². The van der Waals surface area contributed by atoms with Crippen LogP contribution in [0.1, 0.15) is 87.6 Å². The van der Waals surface area contributed by atoms with E-state index in [4.69, 9.17) is 0 Å². The topological polar surface area (TPSA) is 80.1 Å². The van der Waals surface area contributed by atoms with Gasteiger partial charge in [0.2, 0.25) is 11.7 Å². The van der Waals surface area contributed by atoms with E-state index in [1.807, 2.05) is 0 Å². The van der Waals surface area contributed by atoms with Gasteiger partial charge in [-0.2, -0.15) is 0 Å². The molecule has 1 aromatic heterocycles. The summed E-state index contributed by atoms with van der Waals surface area (Å²) in [6, 6.07) is 0. The van der Waals surface area contributed by atoms with Crippen molar-refractivity contribution in [2.45, 2.75) is 83.1 Å². The average molecular weight is 414 g/mol. The quantitative estimate of drug-likeness (QED) is 0.823. The summed E-state index contributed by atoms with van der Waals surface area (Å²) in [5.41, 5.74) is -0.0296. The van der Waals surface area contributed by atoms with Crippen molar-refractivity contribution in [3.63, 3.8) is 0 Å². The number of amides is 2. The van der Waals surface area contributed by atoms with Crippen molar-refractivity contribution in [3.05, 3.63) is 11.6 Å². The second-order valence-corrected chi connectivity index (χ2v) is 10.3. The zero-order chi connectivity index (χ0) is 20.7. The van der Waals surface area contributed by atoms with Gasteiger partial charge in [-0.15, -0.1) is 10.2 Å². The van der Waals surface area contributed by atoms with E-state index in [1.54, 1.807) is 0 Å². The number of nitrogens with zero attached hydrogens (tertiary/aromatic N) is 4. The minimum Gasteiger partial charge on any atom is -0.349 e. The normalized spacial score (nSPS) is 28.2. The van der Waals surface area contributed by atoms with Crippen LogP contribution in [0.5, 0.6) is 0 Å². The number of hydrogen-bond acceptors (Lipinski definition) is 4. The van der Waals surface area contributed by atoms with Crippen LogP contribution >= 0.6 is 0 Å². The smallest absolute Gasteiger partial charge is 0.289 e. The molecule has 0 aromatic carbocycles. The summed E-state index contributed by atoms with van der Waals surface area (Å²) in [5.74, 6) is 3.38. The lowest BCUT2D eigenvalue weighted by molar-refractivity contribution is -0.138. The van der Waals surface area contributed by atoms with Crippen molar-refractivity contribution in [3.8, 4) is 0 Å². The molecular formula is C23H35N5O2. The van der Waals surface area contributed by atoms with Crippen LogP contribution in [0.4, 0.5) is 0 Å². The number of nitrogens with one attached hydrogen (secondary N) is 1. The van der Waals surface area contributed by atoms with E-state index in [1.165, 1.54) is 25.7 Å². The molecule has 30 heavy (non-hydrogen) atoms. The van der Waals surface area contributed by atoms with Gasteiger partial charge >= 0.3 is 0 Å². The Morgan fingerprint density at radius 3 is 2.43 bits per heavy atom. The third kappa shape index (κ3) is 3.76. The zero-order valence-electron chi connectivity index (χ0n) is 18.2. The fourth-order valence-electron chi connectivity index (χ4n) is 5.79. The highest BCUT2D eigenvalue weighted by Gasteiger charge is 2.44. The lowest BCUT2D eigenvalue weighted by Gasteiger charge is -2.44. The molecule has 1 spiro atoms. The van der Waals surface area contributed by atoms with E-state index >= 15 is 0 Å². The summed E-state index contributed by atoms with van der Waals surface area (Å²) >= 11 is 0. The number of hydrogen-bond donors (Lipinski definition) is 1. The van der Waals surface area contributed by atoms with E-state index < -0.39 is 0 Å². The predicted molar refractivity (Wildman–Crippen MR) is 113 cm³/mol. The first kappa shape index (κ1) is 20.0. The molecule has 7 heteroatoms. The summed E-state index contributed by atoms with van der Waals surface area (Å²) < 4.78 is 2.06. The Balaban J connectivity index is 1.25. The van der Waals surface area contributed by atoms with Crippen LogP contribution in [0.15, 0.2) is 0 Å². The molecule has 0 bridgehead atoms. The minimum atomic E-state index is -0.0863. The molecule has 4 aliphatic rings. The minimum absolute atomic E-state index is 0.0296. The highest BCUT2D eigenvalue weighted by atomic mass is 16.2. The van der Waals surface area contributed by atoms with E-state index in [2.05, 4.69) is 31.9 Å². The van der Waals surface area contributed by atoms with Crippen molar-refractivity contribution < 1.29 is 9.59 Å². The van der Waals surface area contributed by atoms with Crippen LogP contribution in [0, 0.1) is 17.8 Å². The molecule has 0 unspecified atom stereocenters. The van der Waals surface area contributed by atoms with Gasteiger partial charge in [-0.05, 0) is 76.0 Å². The fourth-order valence-corrected chi connectivity index (χ4v) is 5.79. The van der Waals surface area contributed by atoms with E-state index in [0.717, 1.165) is 76.4 Å². The fraction of sp³-hybridized carbons (Fsp3) is 0.826. The van der Waals surface area contributed by atoms with Gasteiger partial charge in [0.1, 0.15) is 5.82 Å². The Morgan fingerprint density at radius 2 is 1.73 bits per heavy atom. The summed E-state index contributed by atoms with van der Waals surface area (Å²) in [6.45, 7) is 5.48. The van der Waals surface area contributed by atoms with E-state index in [-0.39, 0.29) is 17.2 Å². The van der Waals surface area contributed by atoms with Crippen LogP contribution in [0.25, 0.3) is 0 Å². The van der Waals surface area contributed by atoms with Crippen LogP contribution in [0.3, 0.4) is 0 Å².